The van der Waals surface area contributed by atoms with Crippen molar-refractivity contribution >= 4 is 22.7 Å². The van der Waals surface area contributed by atoms with Crippen LogP contribution in [0.3, 0.4) is 0 Å². The molecule has 0 fully saturated rings. The predicted molar refractivity (Wildman–Crippen MR) is 136 cm³/mol. The summed E-state index contributed by atoms with van der Waals surface area (Å²) < 4.78 is 5.57. The highest BCUT2D eigenvalue weighted by Gasteiger charge is 2.09. The van der Waals surface area contributed by atoms with Crippen molar-refractivity contribution in [1.29, 1.82) is 0 Å². The summed E-state index contributed by atoms with van der Waals surface area (Å²) in [5, 5.41) is 7.51. The predicted octanol–water partition coefficient (Wildman–Crippen LogP) is 5.66. The Morgan fingerprint density at radius 2 is 1.74 bits per heavy atom. The van der Waals surface area contributed by atoms with Crippen molar-refractivity contribution in [2.24, 2.45) is 0 Å². The van der Waals surface area contributed by atoms with Gasteiger partial charge in [-0.3, -0.25) is 0 Å². The molecule has 170 valence electrons. The lowest BCUT2D eigenvalue weighted by atomic mass is 10.0. The number of hydrogen-bond donors (Lipinski definition) is 2. The molecule has 0 bridgehead atoms. The van der Waals surface area contributed by atoms with Gasteiger partial charge < -0.3 is 15.1 Å². The number of nitrogens with zero attached hydrogens (tertiary/aromatic N) is 4. The van der Waals surface area contributed by atoms with Crippen molar-refractivity contribution in [3.05, 3.63) is 84.1 Å². The van der Waals surface area contributed by atoms with Gasteiger partial charge in [0.05, 0.1) is 12.0 Å². The number of hydrogen-bond acceptors (Lipinski definition) is 7. The fourth-order valence-electron chi connectivity index (χ4n) is 3.97. The van der Waals surface area contributed by atoms with Crippen molar-refractivity contribution in [1.82, 2.24) is 19.9 Å². The maximum atomic E-state index is 5.57. The van der Waals surface area contributed by atoms with E-state index in [9.17, 15) is 0 Å². The van der Waals surface area contributed by atoms with Crippen molar-refractivity contribution in [3.63, 3.8) is 0 Å². The van der Waals surface area contributed by atoms with Gasteiger partial charge >= 0.3 is 0 Å². The number of anilines is 2. The van der Waals surface area contributed by atoms with Crippen LogP contribution in [0.25, 0.3) is 33.4 Å². The van der Waals surface area contributed by atoms with Crippen molar-refractivity contribution < 1.29 is 4.42 Å². The highest BCUT2D eigenvalue weighted by Crippen LogP contribution is 2.27. The second-order valence-corrected chi connectivity index (χ2v) is 8.24. The third-order valence-corrected chi connectivity index (χ3v) is 5.76. The number of rotatable bonds is 7. The van der Waals surface area contributed by atoms with Crippen molar-refractivity contribution in [2.45, 2.75) is 20.3 Å². The van der Waals surface area contributed by atoms with E-state index in [4.69, 9.17) is 4.42 Å². The summed E-state index contributed by atoms with van der Waals surface area (Å²) >= 11 is 0. The van der Waals surface area contributed by atoms with Crippen LogP contribution in [0.1, 0.15) is 17.0 Å². The average molecular weight is 451 g/mol. The van der Waals surface area contributed by atoms with Gasteiger partial charge in [0, 0.05) is 48.6 Å². The average Bonchev–Trinajstić information content (AvgIpc) is 3.24. The number of nitrogens with one attached hydrogen (secondary N) is 2. The third kappa shape index (κ3) is 4.59. The van der Waals surface area contributed by atoms with Crippen LogP contribution in [-0.4, -0.2) is 33.5 Å². The van der Waals surface area contributed by atoms with Gasteiger partial charge in [-0.1, -0.05) is 24.3 Å². The van der Waals surface area contributed by atoms with Crippen LogP contribution >= 0.6 is 0 Å². The zero-order valence-electron chi connectivity index (χ0n) is 19.5. The minimum Gasteiger partial charge on any atom is -0.464 e. The normalized spacial score (nSPS) is 11.0. The standard InChI is InChI=1S/C27H26N6O/c1-17-16-34-25-8-7-21(12-23(17)25)24-13-26(33-18(2)32-24)29-10-9-19-5-4-6-20(11-19)22-14-30-27(28-3)31-15-22/h4-8,11-16H,9-10H2,1-3H3,(H,28,30,31)(H,29,32,33). The van der Waals surface area contributed by atoms with E-state index in [1.165, 1.54) is 5.56 Å². The van der Waals surface area contributed by atoms with Gasteiger partial charge in [-0.2, -0.15) is 0 Å². The summed E-state index contributed by atoms with van der Waals surface area (Å²) in [4.78, 5) is 17.9. The summed E-state index contributed by atoms with van der Waals surface area (Å²) in [6.45, 7) is 4.73. The molecule has 3 heterocycles. The monoisotopic (exact) mass is 450 g/mol. The third-order valence-electron chi connectivity index (χ3n) is 5.76. The van der Waals surface area contributed by atoms with Gasteiger partial charge in [0.15, 0.2) is 0 Å². The number of fused-ring (bicyclic) bond motifs is 1. The first-order valence-corrected chi connectivity index (χ1v) is 11.3. The Labute approximate surface area is 198 Å². The number of aryl methyl sites for hydroxylation is 2. The van der Waals surface area contributed by atoms with E-state index < -0.39 is 0 Å². The molecule has 34 heavy (non-hydrogen) atoms. The van der Waals surface area contributed by atoms with E-state index in [1.807, 2.05) is 51.5 Å². The smallest absolute Gasteiger partial charge is 0.222 e. The molecule has 2 aromatic carbocycles. The molecule has 7 nitrogen and oxygen atoms in total. The lowest BCUT2D eigenvalue weighted by Crippen LogP contribution is -2.08. The molecule has 3 aromatic heterocycles. The largest absolute Gasteiger partial charge is 0.464 e. The summed E-state index contributed by atoms with van der Waals surface area (Å²) in [7, 11) is 1.81. The topological polar surface area (TPSA) is 88.8 Å². The van der Waals surface area contributed by atoms with Crippen LogP contribution in [0.2, 0.25) is 0 Å². The van der Waals surface area contributed by atoms with E-state index in [1.54, 1.807) is 6.26 Å². The Morgan fingerprint density at radius 1 is 0.882 bits per heavy atom. The molecule has 2 N–H and O–H groups in total. The lowest BCUT2D eigenvalue weighted by molar-refractivity contribution is 0.613. The molecule has 0 saturated heterocycles. The van der Waals surface area contributed by atoms with Crippen LogP contribution < -0.4 is 10.6 Å². The Bertz CT molecular complexity index is 1440. The Kier molecular flexibility index (Phi) is 5.91. The Balaban J connectivity index is 1.29. The maximum Gasteiger partial charge on any atom is 0.222 e. The van der Waals surface area contributed by atoms with Crippen molar-refractivity contribution in [3.8, 4) is 22.4 Å². The van der Waals surface area contributed by atoms with Crippen LogP contribution in [0.15, 0.2) is 71.6 Å². The number of benzene rings is 2. The quantitative estimate of drug-likeness (QED) is 0.331. The zero-order chi connectivity index (χ0) is 23.5. The van der Waals surface area contributed by atoms with E-state index >= 15 is 0 Å². The highest BCUT2D eigenvalue weighted by atomic mass is 16.3. The first-order chi connectivity index (χ1) is 16.6. The summed E-state index contributed by atoms with van der Waals surface area (Å²) in [5.74, 6) is 2.16. The molecular formula is C27H26N6O. The van der Waals surface area contributed by atoms with Gasteiger partial charge in [-0.05, 0) is 55.2 Å². The molecule has 0 aliphatic carbocycles. The van der Waals surface area contributed by atoms with Gasteiger partial charge in [0.25, 0.3) is 0 Å². The first-order valence-electron chi connectivity index (χ1n) is 11.3. The molecule has 7 heteroatoms. The molecule has 5 aromatic rings. The molecule has 0 radical (unpaired) electrons. The molecule has 5 rings (SSSR count). The fraction of sp³-hybridized carbons (Fsp3) is 0.185. The van der Waals surface area contributed by atoms with Gasteiger partial charge in [-0.15, -0.1) is 0 Å². The summed E-state index contributed by atoms with van der Waals surface area (Å²) in [6.07, 6.45) is 6.32. The van der Waals surface area contributed by atoms with Gasteiger partial charge in [0.2, 0.25) is 5.95 Å². The van der Waals surface area contributed by atoms with Gasteiger partial charge in [-0.25, -0.2) is 19.9 Å². The van der Waals surface area contributed by atoms with E-state index in [-0.39, 0.29) is 0 Å². The van der Waals surface area contributed by atoms with Crippen LogP contribution in [0.5, 0.6) is 0 Å². The molecular weight excluding hydrogens is 424 g/mol. The number of furan rings is 1. The summed E-state index contributed by atoms with van der Waals surface area (Å²) in [5.41, 5.74) is 7.27. The molecule has 0 amide bonds. The second kappa shape index (κ2) is 9.31. The van der Waals surface area contributed by atoms with Gasteiger partial charge in [0.1, 0.15) is 17.2 Å². The SMILES string of the molecule is CNc1ncc(-c2cccc(CCNc3cc(-c4ccc5occ(C)c5c4)nc(C)n3)c2)cn1. The molecule has 0 unspecified atom stereocenters. The van der Waals surface area contributed by atoms with E-state index in [0.29, 0.717) is 5.95 Å². The van der Waals surface area contributed by atoms with Crippen LogP contribution in [0, 0.1) is 13.8 Å². The molecule has 0 aliphatic rings. The molecule has 0 atom stereocenters. The first kappa shape index (κ1) is 21.6. The minimum absolute atomic E-state index is 0.614. The molecule has 0 aliphatic heterocycles. The molecule has 0 saturated carbocycles. The fourth-order valence-corrected chi connectivity index (χ4v) is 3.97. The zero-order valence-corrected chi connectivity index (χ0v) is 19.5. The van der Waals surface area contributed by atoms with Crippen LogP contribution in [0.4, 0.5) is 11.8 Å². The Hall–Kier alpha value is -4.26. The van der Waals surface area contributed by atoms with E-state index in [2.05, 4.69) is 60.9 Å². The second-order valence-electron chi connectivity index (χ2n) is 8.24. The maximum absolute atomic E-state index is 5.57. The molecule has 0 spiro atoms. The van der Waals surface area contributed by atoms with E-state index in [0.717, 1.165) is 63.5 Å². The Morgan fingerprint density at radius 3 is 2.56 bits per heavy atom. The minimum atomic E-state index is 0.614. The number of aromatic nitrogens is 4. The lowest BCUT2D eigenvalue weighted by Gasteiger charge is -2.10. The van der Waals surface area contributed by atoms with Crippen molar-refractivity contribution in [2.75, 3.05) is 24.2 Å². The van der Waals surface area contributed by atoms with Crippen LogP contribution in [-0.2, 0) is 6.42 Å². The summed E-state index contributed by atoms with van der Waals surface area (Å²) in [6, 6.07) is 16.6. The highest BCUT2D eigenvalue weighted by molar-refractivity contribution is 5.85.